The number of ether oxygens (including phenoxy) is 1. The molecule has 1 saturated carbocycles. The Morgan fingerprint density at radius 1 is 0.955 bits per heavy atom. The van der Waals surface area contributed by atoms with Crippen molar-refractivity contribution in [2.75, 3.05) is 0 Å². The standard InChI is InChI=1S/C19H17NO2/c21-19(22-11-12-6-2-1-3-7-12)20-17-13-8-4-5-9-14(13)18(20)16-10-15(16)17/h1-9,15-18H,10-11H2/t15-,16+,17+,18-. The first-order valence-corrected chi connectivity index (χ1v) is 7.92. The van der Waals surface area contributed by atoms with E-state index < -0.39 is 0 Å². The Bertz CT molecular complexity index is 707. The van der Waals surface area contributed by atoms with E-state index in [0.717, 1.165) is 5.56 Å². The van der Waals surface area contributed by atoms with Crippen molar-refractivity contribution >= 4 is 6.09 Å². The predicted molar refractivity (Wildman–Crippen MR) is 82.0 cm³/mol. The summed E-state index contributed by atoms with van der Waals surface area (Å²) in [5, 5.41) is 0. The molecule has 2 heterocycles. The van der Waals surface area contributed by atoms with Gasteiger partial charge >= 0.3 is 6.09 Å². The van der Waals surface area contributed by atoms with Crippen molar-refractivity contribution < 1.29 is 9.53 Å². The van der Waals surface area contributed by atoms with Gasteiger partial charge in [-0.2, -0.15) is 0 Å². The predicted octanol–water partition coefficient (Wildman–Crippen LogP) is 4.07. The zero-order valence-electron chi connectivity index (χ0n) is 12.2. The zero-order chi connectivity index (χ0) is 14.7. The summed E-state index contributed by atoms with van der Waals surface area (Å²) in [6, 6.07) is 18.9. The van der Waals surface area contributed by atoms with Crippen LogP contribution in [0.15, 0.2) is 54.6 Å². The molecule has 2 fully saturated rings. The molecule has 3 heteroatoms. The molecule has 1 amide bonds. The maximum atomic E-state index is 12.6. The molecule has 5 rings (SSSR count). The van der Waals surface area contributed by atoms with E-state index in [-0.39, 0.29) is 18.2 Å². The fourth-order valence-electron chi connectivity index (χ4n) is 4.38. The van der Waals surface area contributed by atoms with E-state index in [9.17, 15) is 4.79 Å². The molecular weight excluding hydrogens is 274 g/mol. The zero-order valence-corrected chi connectivity index (χ0v) is 12.2. The molecule has 4 atom stereocenters. The van der Waals surface area contributed by atoms with Crippen molar-refractivity contribution in [1.82, 2.24) is 4.90 Å². The number of benzene rings is 2. The molecule has 2 aliphatic heterocycles. The third-order valence-corrected chi connectivity index (χ3v) is 5.35. The summed E-state index contributed by atoms with van der Waals surface area (Å²) in [6.45, 7) is 0.349. The summed E-state index contributed by atoms with van der Waals surface area (Å²) in [4.78, 5) is 14.6. The molecule has 0 unspecified atom stereocenters. The molecule has 3 aliphatic rings. The van der Waals surface area contributed by atoms with Gasteiger partial charge in [0.05, 0.1) is 12.1 Å². The highest BCUT2D eigenvalue weighted by atomic mass is 16.6. The molecule has 110 valence electrons. The van der Waals surface area contributed by atoms with Crippen LogP contribution in [0.1, 0.15) is 35.2 Å². The van der Waals surface area contributed by atoms with Gasteiger partial charge in [0.2, 0.25) is 0 Å². The molecule has 0 spiro atoms. The molecule has 0 N–H and O–H groups in total. The lowest BCUT2D eigenvalue weighted by atomic mass is 9.92. The number of piperidine rings is 1. The average molecular weight is 291 g/mol. The summed E-state index contributed by atoms with van der Waals surface area (Å²) in [7, 11) is 0. The molecule has 0 radical (unpaired) electrons. The maximum absolute atomic E-state index is 12.6. The van der Waals surface area contributed by atoms with E-state index in [0.29, 0.717) is 18.4 Å². The van der Waals surface area contributed by atoms with E-state index >= 15 is 0 Å². The third kappa shape index (κ3) is 1.59. The first kappa shape index (κ1) is 12.3. The number of rotatable bonds is 2. The molecule has 1 saturated heterocycles. The fraction of sp³-hybridized carbons (Fsp3) is 0.316. The lowest BCUT2D eigenvalue weighted by molar-refractivity contribution is 0.0763. The molecule has 2 bridgehead atoms. The van der Waals surface area contributed by atoms with Crippen LogP contribution in [0.4, 0.5) is 4.79 Å². The topological polar surface area (TPSA) is 29.5 Å². The third-order valence-electron chi connectivity index (χ3n) is 5.35. The van der Waals surface area contributed by atoms with Gasteiger partial charge in [0.25, 0.3) is 0 Å². The largest absolute Gasteiger partial charge is 0.445 e. The van der Waals surface area contributed by atoms with Gasteiger partial charge in [0.1, 0.15) is 6.61 Å². The van der Waals surface area contributed by atoms with E-state index in [2.05, 4.69) is 24.3 Å². The normalized spacial score (nSPS) is 29.9. The molecular formula is C19H17NO2. The lowest BCUT2D eigenvalue weighted by Crippen LogP contribution is -2.31. The Kier molecular flexibility index (Phi) is 2.43. The van der Waals surface area contributed by atoms with Gasteiger partial charge in [-0.1, -0.05) is 54.6 Å². The smallest absolute Gasteiger partial charge is 0.411 e. The molecule has 0 aromatic heterocycles. The van der Waals surface area contributed by atoms with Gasteiger partial charge in [0, 0.05) is 0 Å². The van der Waals surface area contributed by atoms with Crippen LogP contribution in [0.2, 0.25) is 0 Å². The van der Waals surface area contributed by atoms with Crippen molar-refractivity contribution in [3.8, 4) is 0 Å². The minimum atomic E-state index is -0.165. The lowest BCUT2D eigenvalue weighted by Gasteiger charge is -2.25. The molecule has 22 heavy (non-hydrogen) atoms. The van der Waals surface area contributed by atoms with Crippen LogP contribution in [0.3, 0.4) is 0 Å². The number of nitrogens with zero attached hydrogens (tertiary/aromatic N) is 1. The van der Waals surface area contributed by atoms with Crippen molar-refractivity contribution in [2.45, 2.75) is 25.1 Å². The van der Waals surface area contributed by atoms with Crippen LogP contribution in [-0.4, -0.2) is 11.0 Å². The van der Waals surface area contributed by atoms with E-state index in [1.807, 2.05) is 35.2 Å². The summed E-state index contributed by atoms with van der Waals surface area (Å²) in [5.74, 6) is 1.31. The minimum absolute atomic E-state index is 0.165. The van der Waals surface area contributed by atoms with Crippen LogP contribution in [0, 0.1) is 11.8 Å². The first-order valence-electron chi connectivity index (χ1n) is 7.92. The van der Waals surface area contributed by atoms with E-state index in [4.69, 9.17) is 4.74 Å². The van der Waals surface area contributed by atoms with Crippen molar-refractivity contribution in [3.63, 3.8) is 0 Å². The Morgan fingerprint density at radius 3 is 2.18 bits per heavy atom. The number of carbonyl (C=O) groups excluding carboxylic acids is 1. The fourth-order valence-corrected chi connectivity index (χ4v) is 4.38. The molecule has 2 aromatic carbocycles. The van der Waals surface area contributed by atoms with Crippen molar-refractivity contribution in [1.29, 1.82) is 0 Å². The molecule has 2 aromatic rings. The summed E-state index contributed by atoms with van der Waals surface area (Å²) < 4.78 is 5.58. The van der Waals surface area contributed by atoms with Gasteiger partial charge in [-0.05, 0) is 34.9 Å². The quantitative estimate of drug-likeness (QED) is 0.834. The number of carbonyl (C=O) groups is 1. The second-order valence-corrected chi connectivity index (χ2v) is 6.53. The van der Waals surface area contributed by atoms with E-state index in [1.54, 1.807) is 0 Å². The van der Waals surface area contributed by atoms with Crippen LogP contribution < -0.4 is 0 Å². The SMILES string of the molecule is O=C(OCc1ccccc1)N1[C@@H]2c3ccccc3[C@H]1[C@@H]1C[C@@H]12. The molecule has 1 aliphatic carbocycles. The highest BCUT2D eigenvalue weighted by molar-refractivity contribution is 5.72. The summed E-state index contributed by atoms with van der Waals surface area (Å²) in [6.07, 6.45) is 1.09. The number of hydrogen-bond acceptors (Lipinski definition) is 2. The number of hydrogen-bond donors (Lipinski definition) is 0. The second kappa shape index (κ2) is 4.35. The van der Waals surface area contributed by atoms with Gasteiger partial charge in [-0.15, -0.1) is 0 Å². The van der Waals surface area contributed by atoms with Crippen LogP contribution in [0.5, 0.6) is 0 Å². The van der Waals surface area contributed by atoms with Crippen LogP contribution in [-0.2, 0) is 11.3 Å². The first-order chi connectivity index (χ1) is 10.8. The summed E-state index contributed by atoms with van der Waals surface area (Å²) >= 11 is 0. The Balaban J connectivity index is 1.38. The monoisotopic (exact) mass is 291 g/mol. The molecule has 3 nitrogen and oxygen atoms in total. The Labute approximate surface area is 129 Å². The maximum Gasteiger partial charge on any atom is 0.411 e. The van der Waals surface area contributed by atoms with Crippen LogP contribution >= 0.6 is 0 Å². The summed E-state index contributed by atoms with van der Waals surface area (Å²) in [5.41, 5.74) is 3.70. The Morgan fingerprint density at radius 2 is 1.55 bits per heavy atom. The number of amides is 1. The van der Waals surface area contributed by atoms with Gasteiger partial charge < -0.3 is 4.74 Å². The van der Waals surface area contributed by atoms with Crippen molar-refractivity contribution in [2.24, 2.45) is 11.8 Å². The van der Waals surface area contributed by atoms with Crippen molar-refractivity contribution in [3.05, 3.63) is 71.3 Å². The highest BCUT2D eigenvalue weighted by Gasteiger charge is 2.66. The van der Waals surface area contributed by atoms with Gasteiger partial charge in [0.15, 0.2) is 0 Å². The highest BCUT2D eigenvalue weighted by Crippen LogP contribution is 2.70. The van der Waals surface area contributed by atoms with Crippen LogP contribution in [0.25, 0.3) is 0 Å². The average Bonchev–Trinajstić information content (AvgIpc) is 3.21. The minimum Gasteiger partial charge on any atom is -0.445 e. The Hall–Kier alpha value is -2.29. The van der Waals surface area contributed by atoms with E-state index in [1.165, 1.54) is 17.5 Å². The number of fused-ring (bicyclic) bond motifs is 8. The second-order valence-electron chi connectivity index (χ2n) is 6.53. The van der Waals surface area contributed by atoms with Gasteiger partial charge in [-0.25, -0.2) is 4.79 Å². The van der Waals surface area contributed by atoms with Gasteiger partial charge in [-0.3, -0.25) is 4.90 Å².